The molecule has 0 aliphatic rings. The number of hydrogen-bond acceptors (Lipinski definition) is 4. The van der Waals surface area contributed by atoms with Gasteiger partial charge in [0.1, 0.15) is 10.8 Å². The Kier molecular flexibility index (Phi) is 6.18. The van der Waals surface area contributed by atoms with Gasteiger partial charge in [0.15, 0.2) is 0 Å². The Balaban J connectivity index is 2.60. The van der Waals surface area contributed by atoms with Crippen molar-refractivity contribution in [2.45, 2.75) is 39.8 Å². The number of pyridine rings is 1. The summed E-state index contributed by atoms with van der Waals surface area (Å²) in [7, 11) is 0. The molecule has 0 unspecified atom stereocenters. The first kappa shape index (κ1) is 15.9. The maximum atomic E-state index is 5.68. The molecule has 1 rings (SSSR count). The molecule has 0 aromatic carbocycles. The van der Waals surface area contributed by atoms with E-state index in [1.807, 2.05) is 12.1 Å². The average molecular weight is 280 g/mol. The number of thiocarbonyl (C=S) groups is 1. The summed E-state index contributed by atoms with van der Waals surface area (Å²) in [5.41, 5.74) is 6.49. The highest BCUT2D eigenvalue weighted by Crippen LogP contribution is 2.11. The Morgan fingerprint density at radius 2 is 2.00 bits per heavy atom. The van der Waals surface area contributed by atoms with E-state index in [2.05, 4.69) is 42.9 Å². The number of hydrogen-bond donors (Lipinski definition) is 2. The van der Waals surface area contributed by atoms with Gasteiger partial charge in [0, 0.05) is 31.4 Å². The van der Waals surface area contributed by atoms with Crippen molar-refractivity contribution in [3.05, 3.63) is 23.9 Å². The van der Waals surface area contributed by atoms with Gasteiger partial charge in [0.2, 0.25) is 0 Å². The molecule has 0 fully saturated rings. The average Bonchev–Trinajstić information content (AvgIpc) is 2.33. The first-order valence-electron chi connectivity index (χ1n) is 6.68. The second-order valence-corrected chi connectivity index (χ2v) is 5.56. The summed E-state index contributed by atoms with van der Waals surface area (Å²) in [5.74, 6) is 0.766. The molecule has 3 N–H and O–H groups in total. The monoisotopic (exact) mass is 280 g/mol. The maximum absolute atomic E-state index is 5.68. The highest BCUT2D eigenvalue weighted by Gasteiger charge is 2.13. The third-order valence-electron chi connectivity index (χ3n) is 3.06. The highest BCUT2D eigenvalue weighted by molar-refractivity contribution is 7.80. The molecule has 106 valence electrons. The minimum atomic E-state index is 0.375. The zero-order valence-corrected chi connectivity index (χ0v) is 13.0. The second-order valence-electron chi connectivity index (χ2n) is 5.12. The van der Waals surface area contributed by atoms with Gasteiger partial charge in [-0.2, -0.15) is 0 Å². The van der Waals surface area contributed by atoms with Gasteiger partial charge in [0.05, 0.1) is 5.56 Å². The van der Waals surface area contributed by atoms with E-state index in [1.54, 1.807) is 6.20 Å². The number of nitrogens with two attached hydrogens (primary N) is 1. The summed E-state index contributed by atoms with van der Waals surface area (Å²) in [4.78, 5) is 7.09. The smallest absolute Gasteiger partial charge is 0.136 e. The molecule has 0 amide bonds. The van der Waals surface area contributed by atoms with Gasteiger partial charge in [-0.3, -0.25) is 4.90 Å². The van der Waals surface area contributed by atoms with Crippen LogP contribution in [0.3, 0.4) is 0 Å². The third kappa shape index (κ3) is 4.76. The molecule has 19 heavy (non-hydrogen) atoms. The fourth-order valence-corrected chi connectivity index (χ4v) is 2.33. The van der Waals surface area contributed by atoms with Crippen LogP contribution in [0.25, 0.3) is 0 Å². The van der Waals surface area contributed by atoms with Crippen LogP contribution >= 0.6 is 12.2 Å². The van der Waals surface area contributed by atoms with E-state index in [1.165, 1.54) is 0 Å². The normalized spacial score (nSPS) is 11.3. The third-order valence-corrected chi connectivity index (χ3v) is 3.28. The summed E-state index contributed by atoms with van der Waals surface area (Å²) in [5, 5.41) is 3.31. The Morgan fingerprint density at radius 3 is 2.53 bits per heavy atom. The number of nitrogens with one attached hydrogen (secondary N) is 1. The summed E-state index contributed by atoms with van der Waals surface area (Å²) >= 11 is 5.02. The Morgan fingerprint density at radius 1 is 1.37 bits per heavy atom. The van der Waals surface area contributed by atoms with Gasteiger partial charge < -0.3 is 11.1 Å². The van der Waals surface area contributed by atoms with Crippen molar-refractivity contribution in [3.63, 3.8) is 0 Å². The van der Waals surface area contributed by atoms with Crippen LogP contribution in [-0.2, 0) is 0 Å². The first-order chi connectivity index (χ1) is 8.93. The van der Waals surface area contributed by atoms with Gasteiger partial charge >= 0.3 is 0 Å². The molecule has 1 aromatic rings. The lowest BCUT2D eigenvalue weighted by atomic mass is 10.2. The summed E-state index contributed by atoms with van der Waals surface area (Å²) in [6.45, 7) is 10.6. The lowest BCUT2D eigenvalue weighted by Crippen LogP contribution is -2.40. The molecular weight excluding hydrogens is 256 g/mol. The zero-order chi connectivity index (χ0) is 14.4. The Hall–Kier alpha value is -1.20. The van der Waals surface area contributed by atoms with Gasteiger partial charge in [-0.25, -0.2) is 4.98 Å². The molecule has 0 saturated carbocycles. The molecule has 0 atom stereocenters. The Labute approximate surface area is 121 Å². The topological polar surface area (TPSA) is 54.2 Å². The predicted octanol–water partition coefficient (Wildman–Crippen LogP) is 2.25. The van der Waals surface area contributed by atoms with Gasteiger partial charge in [-0.1, -0.05) is 12.2 Å². The number of aromatic nitrogens is 1. The van der Waals surface area contributed by atoms with E-state index >= 15 is 0 Å². The largest absolute Gasteiger partial charge is 0.389 e. The van der Waals surface area contributed by atoms with E-state index in [0.29, 0.717) is 17.1 Å². The summed E-state index contributed by atoms with van der Waals surface area (Å²) < 4.78 is 0. The standard InChI is InChI=1S/C14H24N4S/c1-10(2)18(11(3)4)9-8-17-14-12(13(15)19)6-5-7-16-14/h5-7,10-11H,8-9H2,1-4H3,(H2,15,19)(H,16,17). The number of anilines is 1. The van der Waals surface area contributed by atoms with E-state index in [9.17, 15) is 0 Å². The molecule has 0 radical (unpaired) electrons. The van der Waals surface area contributed by atoms with Crippen LogP contribution in [0.1, 0.15) is 33.3 Å². The lowest BCUT2D eigenvalue weighted by molar-refractivity contribution is 0.182. The summed E-state index contributed by atoms with van der Waals surface area (Å²) in [6, 6.07) is 4.79. The van der Waals surface area contributed by atoms with Crippen molar-refractivity contribution in [1.29, 1.82) is 0 Å². The molecule has 0 saturated heterocycles. The van der Waals surface area contributed by atoms with Crippen LogP contribution in [0.2, 0.25) is 0 Å². The molecular formula is C14H24N4S. The molecule has 0 aliphatic heterocycles. The molecule has 0 aliphatic carbocycles. The maximum Gasteiger partial charge on any atom is 0.136 e. The minimum absolute atomic E-state index is 0.375. The van der Waals surface area contributed by atoms with Crippen LogP contribution in [0, 0.1) is 0 Å². The highest BCUT2D eigenvalue weighted by atomic mass is 32.1. The fraction of sp³-hybridized carbons (Fsp3) is 0.571. The quantitative estimate of drug-likeness (QED) is 0.750. The lowest BCUT2D eigenvalue weighted by Gasteiger charge is -2.30. The van der Waals surface area contributed by atoms with Crippen molar-refractivity contribution in [2.24, 2.45) is 5.73 Å². The molecule has 0 bridgehead atoms. The van der Waals surface area contributed by atoms with Gasteiger partial charge in [-0.05, 0) is 39.8 Å². The zero-order valence-electron chi connectivity index (χ0n) is 12.2. The molecule has 4 nitrogen and oxygen atoms in total. The molecule has 1 aromatic heterocycles. The summed E-state index contributed by atoms with van der Waals surface area (Å²) in [6.07, 6.45) is 1.74. The van der Waals surface area contributed by atoms with E-state index in [-0.39, 0.29) is 0 Å². The molecule has 1 heterocycles. The fourth-order valence-electron chi connectivity index (χ4n) is 2.16. The van der Waals surface area contributed by atoms with Crippen LogP contribution in [0.4, 0.5) is 5.82 Å². The Bertz CT molecular complexity index is 410. The predicted molar refractivity (Wildman–Crippen MR) is 85.6 cm³/mol. The number of nitrogens with zero attached hydrogens (tertiary/aromatic N) is 2. The SMILES string of the molecule is CC(C)N(CCNc1ncccc1C(N)=S)C(C)C. The van der Waals surface area contributed by atoms with Crippen molar-refractivity contribution in [1.82, 2.24) is 9.88 Å². The van der Waals surface area contributed by atoms with E-state index in [4.69, 9.17) is 18.0 Å². The van der Waals surface area contributed by atoms with Crippen LogP contribution < -0.4 is 11.1 Å². The molecule has 5 heteroatoms. The van der Waals surface area contributed by atoms with E-state index < -0.39 is 0 Å². The molecule has 0 spiro atoms. The van der Waals surface area contributed by atoms with E-state index in [0.717, 1.165) is 24.5 Å². The van der Waals surface area contributed by atoms with Crippen molar-refractivity contribution >= 4 is 23.0 Å². The van der Waals surface area contributed by atoms with Gasteiger partial charge in [-0.15, -0.1) is 0 Å². The first-order valence-corrected chi connectivity index (χ1v) is 7.08. The van der Waals surface area contributed by atoms with Gasteiger partial charge in [0.25, 0.3) is 0 Å². The second kappa shape index (κ2) is 7.40. The van der Waals surface area contributed by atoms with Crippen LogP contribution in [0.15, 0.2) is 18.3 Å². The van der Waals surface area contributed by atoms with Crippen molar-refractivity contribution in [3.8, 4) is 0 Å². The minimum Gasteiger partial charge on any atom is -0.389 e. The van der Waals surface area contributed by atoms with Crippen LogP contribution in [0.5, 0.6) is 0 Å². The van der Waals surface area contributed by atoms with Crippen molar-refractivity contribution < 1.29 is 0 Å². The van der Waals surface area contributed by atoms with Crippen LogP contribution in [-0.4, -0.2) is 40.0 Å². The number of rotatable bonds is 7. The van der Waals surface area contributed by atoms with Crippen molar-refractivity contribution in [2.75, 3.05) is 18.4 Å².